The molecule has 0 aromatic carbocycles. The molecule has 2 aliphatic rings. The average molecular weight is 231 g/mol. The molecule has 2 saturated heterocycles. The molecule has 2 fully saturated rings. The molecule has 3 nitrogen and oxygen atoms in total. The molecule has 3 heterocycles. The molecule has 1 N–H and O–H groups in total. The fourth-order valence-electron chi connectivity index (χ4n) is 3.27. The lowest BCUT2D eigenvalue weighted by Crippen LogP contribution is -2.43. The van der Waals surface area contributed by atoms with Gasteiger partial charge in [-0.3, -0.25) is 9.88 Å². The molecule has 0 bridgehead atoms. The summed E-state index contributed by atoms with van der Waals surface area (Å²) in [6, 6.07) is 5.76. The Balaban J connectivity index is 1.65. The second-order valence-corrected chi connectivity index (χ2v) is 5.24. The number of nitrogens with one attached hydrogen (secondary N) is 1. The molecule has 3 heteroatoms. The van der Waals surface area contributed by atoms with Crippen LogP contribution in [-0.4, -0.2) is 35.1 Å². The van der Waals surface area contributed by atoms with Gasteiger partial charge in [0.2, 0.25) is 0 Å². The third kappa shape index (κ3) is 2.50. The third-order valence-corrected chi connectivity index (χ3v) is 4.11. The highest BCUT2D eigenvalue weighted by Crippen LogP contribution is 2.26. The molecule has 3 rings (SSSR count). The summed E-state index contributed by atoms with van der Waals surface area (Å²) in [6.07, 6.45) is 9.22. The monoisotopic (exact) mass is 231 g/mol. The van der Waals surface area contributed by atoms with E-state index in [0.717, 1.165) is 18.6 Å². The minimum absolute atomic E-state index is 0.735. The minimum atomic E-state index is 0.735. The first-order chi connectivity index (χ1) is 8.43. The smallest absolute Gasteiger partial charge is 0.0271 e. The van der Waals surface area contributed by atoms with E-state index in [-0.39, 0.29) is 0 Å². The van der Waals surface area contributed by atoms with E-state index in [1.54, 1.807) is 0 Å². The van der Waals surface area contributed by atoms with Crippen LogP contribution < -0.4 is 5.32 Å². The van der Waals surface area contributed by atoms with Crippen molar-refractivity contribution in [3.8, 4) is 0 Å². The van der Waals surface area contributed by atoms with Gasteiger partial charge in [0.25, 0.3) is 0 Å². The SMILES string of the molecule is c1cc(CN2CCCC2C2CCCN2)ccn1. The first kappa shape index (κ1) is 11.2. The van der Waals surface area contributed by atoms with Crippen LogP contribution in [-0.2, 0) is 6.54 Å². The average Bonchev–Trinajstić information content (AvgIpc) is 3.00. The topological polar surface area (TPSA) is 28.2 Å². The molecule has 0 amide bonds. The van der Waals surface area contributed by atoms with Crippen molar-refractivity contribution >= 4 is 0 Å². The highest BCUT2D eigenvalue weighted by Gasteiger charge is 2.32. The summed E-state index contributed by atoms with van der Waals surface area (Å²) in [6.45, 7) is 3.56. The van der Waals surface area contributed by atoms with Gasteiger partial charge < -0.3 is 5.32 Å². The summed E-state index contributed by atoms with van der Waals surface area (Å²) in [5.74, 6) is 0. The lowest BCUT2D eigenvalue weighted by molar-refractivity contribution is 0.206. The molecular weight excluding hydrogens is 210 g/mol. The number of rotatable bonds is 3. The van der Waals surface area contributed by atoms with Gasteiger partial charge in [-0.25, -0.2) is 0 Å². The van der Waals surface area contributed by atoms with Crippen molar-refractivity contribution in [2.75, 3.05) is 13.1 Å². The zero-order chi connectivity index (χ0) is 11.5. The van der Waals surface area contributed by atoms with E-state index in [0.29, 0.717) is 0 Å². The highest BCUT2D eigenvalue weighted by molar-refractivity contribution is 5.10. The molecule has 2 aliphatic heterocycles. The van der Waals surface area contributed by atoms with Gasteiger partial charge in [0.1, 0.15) is 0 Å². The normalized spacial score (nSPS) is 29.9. The number of nitrogens with zero attached hydrogens (tertiary/aromatic N) is 2. The lowest BCUT2D eigenvalue weighted by atomic mass is 10.0. The van der Waals surface area contributed by atoms with Crippen LogP contribution in [0.2, 0.25) is 0 Å². The predicted octanol–water partition coefficient (Wildman–Crippen LogP) is 1.80. The molecule has 1 aromatic heterocycles. The fourth-order valence-corrected chi connectivity index (χ4v) is 3.27. The number of aromatic nitrogens is 1. The van der Waals surface area contributed by atoms with Crippen molar-refractivity contribution in [2.24, 2.45) is 0 Å². The van der Waals surface area contributed by atoms with E-state index in [1.807, 2.05) is 12.4 Å². The zero-order valence-corrected chi connectivity index (χ0v) is 10.3. The summed E-state index contributed by atoms with van der Waals surface area (Å²) < 4.78 is 0. The van der Waals surface area contributed by atoms with Gasteiger partial charge in [-0.2, -0.15) is 0 Å². The minimum Gasteiger partial charge on any atom is -0.312 e. The first-order valence-electron chi connectivity index (χ1n) is 6.80. The maximum Gasteiger partial charge on any atom is 0.0271 e. The lowest BCUT2D eigenvalue weighted by Gasteiger charge is -2.29. The molecule has 17 heavy (non-hydrogen) atoms. The third-order valence-electron chi connectivity index (χ3n) is 4.11. The standard InChI is InChI=1S/C14H21N3/c1-3-13(16-7-1)14-4-2-10-17(14)11-12-5-8-15-9-6-12/h5-6,8-9,13-14,16H,1-4,7,10-11H2. The van der Waals surface area contributed by atoms with Crippen LogP contribution in [0, 0.1) is 0 Å². The van der Waals surface area contributed by atoms with Crippen LogP contribution in [0.3, 0.4) is 0 Å². The van der Waals surface area contributed by atoms with Crippen molar-refractivity contribution in [2.45, 2.75) is 44.3 Å². The molecule has 2 unspecified atom stereocenters. The molecule has 0 aliphatic carbocycles. The quantitative estimate of drug-likeness (QED) is 0.860. The van der Waals surface area contributed by atoms with Crippen molar-refractivity contribution in [3.63, 3.8) is 0 Å². The molecular formula is C14H21N3. The Hall–Kier alpha value is -0.930. The Bertz CT molecular complexity index is 346. The second kappa shape index (κ2) is 5.15. The van der Waals surface area contributed by atoms with Gasteiger partial charge >= 0.3 is 0 Å². The van der Waals surface area contributed by atoms with Crippen LogP contribution in [0.15, 0.2) is 24.5 Å². The van der Waals surface area contributed by atoms with E-state index in [1.165, 1.54) is 44.3 Å². The molecule has 1 aromatic rings. The number of pyridine rings is 1. The Morgan fingerprint density at radius 2 is 2.12 bits per heavy atom. The van der Waals surface area contributed by atoms with E-state index in [2.05, 4.69) is 27.3 Å². The maximum absolute atomic E-state index is 4.09. The van der Waals surface area contributed by atoms with Crippen LogP contribution in [0.1, 0.15) is 31.2 Å². The number of hydrogen-bond donors (Lipinski definition) is 1. The van der Waals surface area contributed by atoms with Crippen molar-refractivity contribution in [1.82, 2.24) is 15.2 Å². The summed E-state index contributed by atoms with van der Waals surface area (Å²) in [7, 11) is 0. The van der Waals surface area contributed by atoms with Gasteiger partial charge in [0.05, 0.1) is 0 Å². The summed E-state index contributed by atoms with van der Waals surface area (Å²) in [5, 5.41) is 3.66. The molecule has 0 radical (unpaired) electrons. The summed E-state index contributed by atoms with van der Waals surface area (Å²) >= 11 is 0. The Morgan fingerprint density at radius 1 is 1.24 bits per heavy atom. The summed E-state index contributed by atoms with van der Waals surface area (Å²) in [5.41, 5.74) is 1.39. The van der Waals surface area contributed by atoms with Crippen molar-refractivity contribution in [3.05, 3.63) is 30.1 Å². The summed E-state index contributed by atoms with van der Waals surface area (Å²) in [4.78, 5) is 6.74. The highest BCUT2D eigenvalue weighted by atomic mass is 15.2. The van der Waals surface area contributed by atoms with Crippen molar-refractivity contribution < 1.29 is 0 Å². The van der Waals surface area contributed by atoms with Gasteiger partial charge in [-0.15, -0.1) is 0 Å². The molecule has 92 valence electrons. The van der Waals surface area contributed by atoms with Crippen LogP contribution in [0.25, 0.3) is 0 Å². The fraction of sp³-hybridized carbons (Fsp3) is 0.643. The van der Waals surface area contributed by atoms with Gasteiger partial charge in [0, 0.05) is 31.0 Å². The first-order valence-corrected chi connectivity index (χ1v) is 6.80. The van der Waals surface area contributed by atoms with Gasteiger partial charge in [0.15, 0.2) is 0 Å². The molecule has 2 atom stereocenters. The second-order valence-electron chi connectivity index (χ2n) is 5.24. The molecule has 0 spiro atoms. The van der Waals surface area contributed by atoms with E-state index >= 15 is 0 Å². The Morgan fingerprint density at radius 3 is 2.88 bits per heavy atom. The Labute approximate surface area is 103 Å². The predicted molar refractivity (Wildman–Crippen MR) is 68.7 cm³/mol. The van der Waals surface area contributed by atoms with Crippen LogP contribution in [0.5, 0.6) is 0 Å². The number of likely N-dealkylation sites (tertiary alicyclic amines) is 1. The largest absolute Gasteiger partial charge is 0.312 e. The van der Waals surface area contributed by atoms with Crippen molar-refractivity contribution in [1.29, 1.82) is 0 Å². The number of hydrogen-bond acceptors (Lipinski definition) is 3. The molecule has 0 saturated carbocycles. The van der Waals surface area contributed by atoms with E-state index < -0.39 is 0 Å². The van der Waals surface area contributed by atoms with Gasteiger partial charge in [-0.1, -0.05) is 0 Å². The van der Waals surface area contributed by atoms with E-state index in [9.17, 15) is 0 Å². The maximum atomic E-state index is 4.09. The van der Waals surface area contributed by atoms with E-state index in [4.69, 9.17) is 0 Å². The van der Waals surface area contributed by atoms with Crippen LogP contribution >= 0.6 is 0 Å². The van der Waals surface area contributed by atoms with Crippen LogP contribution in [0.4, 0.5) is 0 Å². The van der Waals surface area contributed by atoms with Gasteiger partial charge in [-0.05, 0) is 56.5 Å². The Kier molecular flexibility index (Phi) is 3.39. The zero-order valence-electron chi connectivity index (χ0n) is 10.3.